The number of ketones is 1. The lowest BCUT2D eigenvalue weighted by Crippen LogP contribution is -2.39. The third-order valence-electron chi connectivity index (χ3n) is 4.72. The summed E-state index contributed by atoms with van der Waals surface area (Å²) < 4.78 is 0. The number of amides is 2. The molecular weight excluding hydrogens is 330 g/mol. The number of anilines is 2. The highest BCUT2D eigenvalue weighted by molar-refractivity contribution is 6.48. The number of carbonyl (C=O) groups excluding carboxylic acids is 3. The molecule has 130 valence electrons. The Balaban J connectivity index is 1.80. The first-order chi connectivity index (χ1) is 12.5. The predicted molar refractivity (Wildman–Crippen MR) is 98.0 cm³/mol. The fraction of sp³-hybridized carbons (Fsp3) is 0.200. The maximum Gasteiger partial charge on any atom is 0.259 e. The lowest BCUT2D eigenvalue weighted by atomic mass is 9.95. The first-order valence-corrected chi connectivity index (χ1v) is 8.37. The van der Waals surface area contributed by atoms with Gasteiger partial charge < -0.3 is 0 Å². The van der Waals surface area contributed by atoms with Gasteiger partial charge in [-0.05, 0) is 31.2 Å². The number of hydrogen-bond donors (Lipinski definition) is 0. The lowest BCUT2D eigenvalue weighted by Gasteiger charge is -2.22. The summed E-state index contributed by atoms with van der Waals surface area (Å²) in [5.74, 6) is -1.95. The first-order valence-electron chi connectivity index (χ1n) is 8.37. The van der Waals surface area contributed by atoms with Gasteiger partial charge in [0.05, 0.1) is 11.4 Å². The second-order valence-electron chi connectivity index (χ2n) is 6.49. The molecule has 1 saturated heterocycles. The molecule has 4 rings (SSSR count). The summed E-state index contributed by atoms with van der Waals surface area (Å²) in [4.78, 5) is 39.3. The van der Waals surface area contributed by atoms with E-state index in [2.05, 4.69) is 5.10 Å². The SMILES string of the molecule is CC(=O)C1=NN(c2ccc(C)cc2)[C@H]2C(=O)N(c3ccccc3)C(=O)[C@H]12. The molecule has 0 bridgehead atoms. The van der Waals surface area contributed by atoms with E-state index in [-0.39, 0.29) is 17.4 Å². The minimum atomic E-state index is -0.874. The Kier molecular flexibility index (Phi) is 3.68. The van der Waals surface area contributed by atoms with Gasteiger partial charge in [0.2, 0.25) is 5.91 Å². The number of hydrogen-bond acceptors (Lipinski definition) is 5. The van der Waals surface area contributed by atoms with E-state index in [9.17, 15) is 14.4 Å². The second-order valence-corrected chi connectivity index (χ2v) is 6.49. The standard InChI is InChI=1S/C20H17N3O3/c1-12-8-10-15(11-9-12)23-18-16(17(21-23)13(2)24)19(25)22(20(18)26)14-6-4-3-5-7-14/h3-11,16,18H,1-2H3/t16-,18-/m1/s1. The Labute approximate surface area is 150 Å². The van der Waals surface area contributed by atoms with Crippen molar-refractivity contribution in [1.29, 1.82) is 0 Å². The second kappa shape index (κ2) is 5.91. The molecule has 2 aromatic rings. The third kappa shape index (κ3) is 2.34. The fourth-order valence-corrected chi connectivity index (χ4v) is 3.45. The molecule has 2 atom stereocenters. The number of aryl methyl sites for hydroxylation is 1. The van der Waals surface area contributed by atoms with Gasteiger partial charge in [-0.15, -0.1) is 0 Å². The number of rotatable bonds is 3. The van der Waals surface area contributed by atoms with Crippen LogP contribution in [0.4, 0.5) is 11.4 Å². The summed E-state index contributed by atoms with van der Waals surface area (Å²) in [5.41, 5.74) is 2.38. The molecule has 2 amide bonds. The molecular formula is C20H17N3O3. The molecule has 0 spiro atoms. The topological polar surface area (TPSA) is 70.1 Å². The molecule has 0 aliphatic carbocycles. The van der Waals surface area contributed by atoms with Crippen LogP contribution in [0.15, 0.2) is 59.7 Å². The monoisotopic (exact) mass is 347 g/mol. The van der Waals surface area contributed by atoms with Gasteiger partial charge in [-0.25, -0.2) is 4.90 Å². The normalized spacial score (nSPS) is 21.8. The Hall–Kier alpha value is -3.28. The van der Waals surface area contributed by atoms with Crippen LogP contribution in [-0.2, 0) is 14.4 Å². The summed E-state index contributed by atoms with van der Waals surface area (Å²) in [6.45, 7) is 3.33. The molecule has 1 fully saturated rings. The van der Waals surface area contributed by atoms with Crippen molar-refractivity contribution in [3.63, 3.8) is 0 Å². The van der Waals surface area contributed by atoms with E-state index in [1.165, 1.54) is 11.9 Å². The number of Topliss-reactive ketones (excluding diaryl/α,β-unsaturated/α-hetero) is 1. The van der Waals surface area contributed by atoms with Crippen LogP contribution < -0.4 is 9.91 Å². The third-order valence-corrected chi connectivity index (χ3v) is 4.72. The largest absolute Gasteiger partial charge is 0.293 e. The van der Waals surface area contributed by atoms with Gasteiger partial charge in [0.25, 0.3) is 5.91 Å². The Bertz CT molecular complexity index is 935. The molecule has 26 heavy (non-hydrogen) atoms. The van der Waals surface area contributed by atoms with Crippen molar-refractivity contribution in [2.75, 3.05) is 9.91 Å². The maximum atomic E-state index is 13.1. The van der Waals surface area contributed by atoms with E-state index in [1.54, 1.807) is 24.3 Å². The summed E-state index contributed by atoms with van der Waals surface area (Å²) in [6.07, 6.45) is 0. The summed E-state index contributed by atoms with van der Waals surface area (Å²) in [7, 11) is 0. The minimum absolute atomic E-state index is 0.132. The van der Waals surface area contributed by atoms with Crippen LogP contribution in [0.3, 0.4) is 0 Å². The highest BCUT2D eigenvalue weighted by atomic mass is 16.2. The number of para-hydroxylation sites is 1. The Morgan fingerprint density at radius 3 is 2.19 bits per heavy atom. The van der Waals surface area contributed by atoms with Gasteiger partial charge in [-0.3, -0.25) is 19.4 Å². The predicted octanol–water partition coefficient (Wildman–Crippen LogP) is 2.32. The summed E-state index contributed by atoms with van der Waals surface area (Å²) in [6, 6.07) is 15.4. The van der Waals surface area contributed by atoms with Gasteiger partial charge in [-0.1, -0.05) is 35.9 Å². The average Bonchev–Trinajstić information content (AvgIpc) is 3.14. The molecule has 6 heteroatoms. The molecule has 0 radical (unpaired) electrons. The van der Waals surface area contributed by atoms with Crippen LogP contribution in [0.1, 0.15) is 12.5 Å². The molecule has 6 nitrogen and oxygen atoms in total. The number of hydrazone groups is 1. The van der Waals surface area contributed by atoms with E-state index >= 15 is 0 Å². The average molecular weight is 347 g/mol. The number of imide groups is 1. The zero-order valence-electron chi connectivity index (χ0n) is 14.4. The van der Waals surface area contributed by atoms with E-state index in [0.717, 1.165) is 10.5 Å². The van der Waals surface area contributed by atoms with Gasteiger partial charge in [0, 0.05) is 6.92 Å². The van der Waals surface area contributed by atoms with Gasteiger partial charge in [0.1, 0.15) is 17.7 Å². The maximum absolute atomic E-state index is 13.1. The number of benzene rings is 2. The van der Waals surface area contributed by atoms with Crippen LogP contribution in [0, 0.1) is 12.8 Å². The quantitative estimate of drug-likeness (QED) is 0.799. The number of nitrogens with zero attached hydrogens (tertiary/aromatic N) is 3. The van der Waals surface area contributed by atoms with Crippen molar-refractivity contribution in [2.24, 2.45) is 11.0 Å². The van der Waals surface area contributed by atoms with E-state index in [0.29, 0.717) is 11.4 Å². The van der Waals surface area contributed by atoms with E-state index < -0.39 is 17.9 Å². The lowest BCUT2D eigenvalue weighted by molar-refractivity contribution is -0.122. The first kappa shape index (κ1) is 16.2. The molecule has 0 aromatic heterocycles. The fourth-order valence-electron chi connectivity index (χ4n) is 3.45. The van der Waals surface area contributed by atoms with Crippen molar-refractivity contribution in [3.8, 4) is 0 Å². The van der Waals surface area contributed by atoms with Crippen molar-refractivity contribution in [2.45, 2.75) is 19.9 Å². The highest BCUT2D eigenvalue weighted by Crippen LogP contribution is 2.37. The number of fused-ring (bicyclic) bond motifs is 1. The Morgan fingerprint density at radius 2 is 1.58 bits per heavy atom. The van der Waals surface area contributed by atoms with Gasteiger partial charge in [0.15, 0.2) is 5.78 Å². The molecule has 2 heterocycles. The van der Waals surface area contributed by atoms with Crippen LogP contribution in [0.5, 0.6) is 0 Å². The van der Waals surface area contributed by atoms with Crippen molar-refractivity contribution in [1.82, 2.24) is 0 Å². The molecule has 0 saturated carbocycles. The molecule has 0 N–H and O–H groups in total. The van der Waals surface area contributed by atoms with Crippen LogP contribution >= 0.6 is 0 Å². The molecule has 0 unspecified atom stereocenters. The zero-order chi connectivity index (χ0) is 18.4. The smallest absolute Gasteiger partial charge is 0.259 e. The highest BCUT2D eigenvalue weighted by Gasteiger charge is 2.58. The zero-order valence-corrected chi connectivity index (χ0v) is 14.4. The molecule has 2 aliphatic rings. The van der Waals surface area contributed by atoms with Gasteiger partial charge >= 0.3 is 0 Å². The minimum Gasteiger partial charge on any atom is -0.293 e. The Morgan fingerprint density at radius 1 is 0.923 bits per heavy atom. The van der Waals surface area contributed by atoms with Crippen molar-refractivity contribution >= 4 is 34.7 Å². The van der Waals surface area contributed by atoms with Crippen LogP contribution in [0.2, 0.25) is 0 Å². The van der Waals surface area contributed by atoms with Crippen LogP contribution in [-0.4, -0.2) is 29.4 Å². The van der Waals surface area contributed by atoms with E-state index in [1.807, 2.05) is 37.3 Å². The van der Waals surface area contributed by atoms with Crippen molar-refractivity contribution in [3.05, 3.63) is 60.2 Å². The van der Waals surface area contributed by atoms with Gasteiger partial charge in [-0.2, -0.15) is 5.10 Å². The molecule has 2 aliphatic heterocycles. The number of carbonyl (C=O) groups is 3. The summed E-state index contributed by atoms with van der Waals surface area (Å²) >= 11 is 0. The van der Waals surface area contributed by atoms with E-state index in [4.69, 9.17) is 0 Å². The van der Waals surface area contributed by atoms with Crippen LogP contribution in [0.25, 0.3) is 0 Å². The summed E-state index contributed by atoms with van der Waals surface area (Å²) in [5, 5.41) is 5.84. The molecule has 2 aromatic carbocycles. The van der Waals surface area contributed by atoms with Crippen molar-refractivity contribution < 1.29 is 14.4 Å².